The molecule has 1 radical (unpaired) electrons. The summed E-state index contributed by atoms with van der Waals surface area (Å²) in [5.41, 5.74) is 1.60. The molecule has 0 aliphatic rings. The molecular weight excluding hydrogens is 120 g/mol. The fourth-order valence-electron chi connectivity index (χ4n) is 0.860. The van der Waals surface area contributed by atoms with Crippen molar-refractivity contribution in [1.29, 1.82) is 0 Å². The van der Waals surface area contributed by atoms with Gasteiger partial charge in [-0.25, -0.2) is 0 Å². The predicted molar refractivity (Wildman–Crippen MR) is 44.0 cm³/mol. The molecular formula is C10H13. The quantitative estimate of drug-likeness (QED) is 0.510. The summed E-state index contributed by atoms with van der Waals surface area (Å²) in [5, 5.41) is 0. The maximum Gasteiger partial charge on any atom is -0.0132 e. The topological polar surface area (TPSA) is 0 Å². The van der Waals surface area contributed by atoms with Crippen LogP contribution in [0.3, 0.4) is 0 Å². The lowest BCUT2D eigenvalue weighted by Crippen LogP contribution is -2.10. The van der Waals surface area contributed by atoms with E-state index in [0.717, 1.165) is 0 Å². The molecule has 0 heteroatoms. The third kappa shape index (κ3) is 1.60. The second kappa shape index (κ2) is 2.45. The first kappa shape index (κ1) is 7.33. The monoisotopic (exact) mass is 133 g/mol. The summed E-state index contributed by atoms with van der Waals surface area (Å²) in [4.78, 5) is 0. The van der Waals surface area contributed by atoms with Gasteiger partial charge in [0.2, 0.25) is 0 Å². The predicted octanol–water partition coefficient (Wildman–Crippen LogP) is 2.78. The molecule has 1 rings (SSSR count). The maximum atomic E-state index is 3.07. The SMILES string of the molecule is CC(C)(C)c1c[c]ccc1. The zero-order chi connectivity index (χ0) is 7.61. The van der Waals surface area contributed by atoms with Gasteiger partial charge in [0.15, 0.2) is 0 Å². The zero-order valence-corrected chi connectivity index (χ0v) is 6.81. The van der Waals surface area contributed by atoms with Crippen LogP contribution >= 0.6 is 0 Å². The first-order valence-corrected chi connectivity index (χ1v) is 3.57. The van der Waals surface area contributed by atoms with Crippen LogP contribution in [0.25, 0.3) is 0 Å². The highest BCUT2D eigenvalue weighted by molar-refractivity contribution is 5.21. The Kier molecular flexibility index (Phi) is 1.80. The smallest absolute Gasteiger partial charge is 0.0132 e. The van der Waals surface area contributed by atoms with Crippen molar-refractivity contribution in [2.75, 3.05) is 0 Å². The molecule has 0 aromatic heterocycles. The first-order valence-electron chi connectivity index (χ1n) is 3.57. The van der Waals surface area contributed by atoms with Crippen LogP contribution in [-0.2, 0) is 5.41 Å². The van der Waals surface area contributed by atoms with E-state index in [2.05, 4.69) is 32.9 Å². The average Bonchev–Trinajstić information content (AvgIpc) is 1.88. The summed E-state index contributed by atoms with van der Waals surface area (Å²) in [6, 6.07) is 11.2. The van der Waals surface area contributed by atoms with Gasteiger partial charge in [0.25, 0.3) is 0 Å². The van der Waals surface area contributed by atoms with E-state index in [4.69, 9.17) is 0 Å². The summed E-state index contributed by atoms with van der Waals surface area (Å²) in [6.07, 6.45) is 0. The van der Waals surface area contributed by atoms with Gasteiger partial charge in [-0.3, -0.25) is 0 Å². The van der Waals surface area contributed by atoms with Crippen LogP contribution in [0.15, 0.2) is 24.3 Å². The second-order valence-corrected chi connectivity index (χ2v) is 3.54. The van der Waals surface area contributed by atoms with Crippen LogP contribution in [-0.4, -0.2) is 0 Å². The van der Waals surface area contributed by atoms with Gasteiger partial charge >= 0.3 is 0 Å². The molecule has 0 heterocycles. The minimum Gasteiger partial charge on any atom is -0.0614 e. The Labute approximate surface area is 62.9 Å². The third-order valence-corrected chi connectivity index (χ3v) is 1.57. The van der Waals surface area contributed by atoms with Gasteiger partial charge in [0.05, 0.1) is 0 Å². The minimum atomic E-state index is 0.262. The van der Waals surface area contributed by atoms with Crippen molar-refractivity contribution in [1.82, 2.24) is 0 Å². The highest BCUT2D eigenvalue weighted by Gasteiger charge is 2.11. The molecule has 0 nitrogen and oxygen atoms in total. The molecule has 0 aliphatic carbocycles. The van der Waals surface area contributed by atoms with Gasteiger partial charge in [-0.05, 0) is 17.0 Å². The van der Waals surface area contributed by atoms with Gasteiger partial charge in [-0.2, -0.15) is 0 Å². The molecule has 0 amide bonds. The molecule has 0 atom stereocenters. The third-order valence-electron chi connectivity index (χ3n) is 1.57. The van der Waals surface area contributed by atoms with E-state index in [-0.39, 0.29) is 5.41 Å². The molecule has 0 aliphatic heterocycles. The summed E-state index contributed by atoms with van der Waals surface area (Å²) >= 11 is 0. The van der Waals surface area contributed by atoms with Gasteiger partial charge in [0, 0.05) is 0 Å². The van der Waals surface area contributed by atoms with Crippen molar-refractivity contribution in [3.05, 3.63) is 35.9 Å². The van der Waals surface area contributed by atoms with E-state index in [9.17, 15) is 0 Å². The Balaban J connectivity index is 2.97. The highest BCUT2D eigenvalue weighted by Crippen LogP contribution is 2.20. The summed E-state index contributed by atoms with van der Waals surface area (Å²) < 4.78 is 0. The van der Waals surface area contributed by atoms with Crippen LogP contribution in [0.5, 0.6) is 0 Å². The Morgan fingerprint density at radius 2 is 2.00 bits per heavy atom. The van der Waals surface area contributed by atoms with E-state index in [1.165, 1.54) is 5.56 Å². The summed E-state index contributed by atoms with van der Waals surface area (Å²) in [5.74, 6) is 0. The van der Waals surface area contributed by atoms with E-state index in [0.29, 0.717) is 0 Å². The van der Waals surface area contributed by atoms with Gasteiger partial charge in [-0.15, -0.1) is 0 Å². The fraction of sp³-hybridized carbons (Fsp3) is 0.400. The lowest BCUT2D eigenvalue weighted by Gasteiger charge is -2.17. The van der Waals surface area contributed by atoms with Gasteiger partial charge in [0.1, 0.15) is 0 Å². The molecule has 0 fully saturated rings. The van der Waals surface area contributed by atoms with Crippen LogP contribution < -0.4 is 0 Å². The lowest BCUT2D eigenvalue weighted by molar-refractivity contribution is 0.590. The molecule has 1 aromatic rings. The van der Waals surface area contributed by atoms with Crippen molar-refractivity contribution in [2.45, 2.75) is 26.2 Å². The summed E-state index contributed by atoms with van der Waals surface area (Å²) in [6.45, 7) is 6.61. The van der Waals surface area contributed by atoms with Crippen LogP contribution in [0.2, 0.25) is 0 Å². The van der Waals surface area contributed by atoms with Gasteiger partial charge in [-0.1, -0.05) is 45.0 Å². The molecule has 0 saturated heterocycles. The van der Waals surface area contributed by atoms with Gasteiger partial charge < -0.3 is 0 Å². The molecule has 0 N–H and O–H groups in total. The van der Waals surface area contributed by atoms with Crippen molar-refractivity contribution in [2.24, 2.45) is 0 Å². The highest BCUT2D eigenvalue weighted by atomic mass is 14.2. The zero-order valence-electron chi connectivity index (χ0n) is 6.81. The average molecular weight is 133 g/mol. The largest absolute Gasteiger partial charge is 0.0614 e. The Morgan fingerprint density at radius 1 is 1.30 bits per heavy atom. The number of rotatable bonds is 0. The normalized spacial score (nSPS) is 11.5. The molecule has 10 heavy (non-hydrogen) atoms. The maximum absolute atomic E-state index is 3.07. The Hall–Kier alpha value is -0.780. The first-order chi connectivity index (χ1) is 4.61. The number of hydrogen-bond acceptors (Lipinski definition) is 0. The van der Waals surface area contributed by atoms with E-state index in [1.54, 1.807) is 0 Å². The fourth-order valence-corrected chi connectivity index (χ4v) is 0.860. The second-order valence-electron chi connectivity index (χ2n) is 3.54. The molecule has 0 saturated carbocycles. The molecule has 0 spiro atoms. The lowest BCUT2D eigenvalue weighted by atomic mass is 9.87. The van der Waals surface area contributed by atoms with Crippen molar-refractivity contribution in [3.8, 4) is 0 Å². The van der Waals surface area contributed by atoms with Crippen LogP contribution in [0, 0.1) is 6.07 Å². The van der Waals surface area contributed by atoms with E-state index < -0.39 is 0 Å². The summed E-state index contributed by atoms with van der Waals surface area (Å²) in [7, 11) is 0. The van der Waals surface area contributed by atoms with Crippen molar-refractivity contribution in [3.63, 3.8) is 0 Å². The van der Waals surface area contributed by atoms with Crippen molar-refractivity contribution >= 4 is 0 Å². The molecule has 0 bridgehead atoms. The minimum absolute atomic E-state index is 0.262. The van der Waals surface area contributed by atoms with E-state index in [1.807, 2.05) is 18.2 Å². The Morgan fingerprint density at radius 3 is 2.30 bits per heavy atom. The number of hydrogen-bond donors (Lipinski definition) is 0. The van der Waals surface area contributed by atoms with Crippen LogP contribution in [0.1, 0.15) is 26.3 Å². The Bertz CT molecular complexity index is 191. The molecule has 0 unspecified atom stereocenters. The molecule has 53 valence electrons. The van der Waals surface area contributed by atoms with Crippen molar-refractivity contribution < 1.29 is 0 Å². The van der Waals surface area contributed by atoms with Crippen LogP contribution in [0.4, 0.5) is 0 Å². The standard InChI is InChI=1S/C10H13/c1-10(2,3)9-7-5-4-6-8-9/h4-5,7-8H,1-3H3. The molecule has 1 aromatic carbocycles. The van der Waals surface area contributed by atoms with E-state index >= 15 is 0 Å². The number of benzene rings is 1.